The molecule has 2 amide bonds. The van der Waals surface area contributed by atoms with Crippen LogP contribution < -0.4 is 15.5 Å². The fourth-order valence-electron chi connectivity index (χ4n) is 3.60. The van der Waals surface area contributed by atoms with E-state index in [4.69, 9.17) is 0 Å². The zero-order valence-electron chi connectivity index (χ0n) is 16.1. The standard InChI is InChI=1S/C21H31N3O2/c1-4-14(2)23-21(26)18-11-15(3)24(19-8-6-5-7-17(18)19)13-20(25)22-12-16-9-10-16/h5-8,14-16,18H,4,9-13H2,1-3H3,(H,22,25)(H,23,26)/t14-,15-,18-/m0/s1. The number of anilines is 1. The summed E-state index contributed by atoms with van der Waals surface area (Å²) in [7, 11) is 0. The van der Waals surface area contributed by atoms with Crippen LogP contribution in [0, 0.1) is 5.92 Å². The Bertz CT molecular complexity index is 656. The van der Waals surface area contributed by atoms with Gasteiger partial charge in [0, 0.05) is 24.3 Å². The Labute approximate surface area is 156 Å². The first-order valence-corrected chi connectivity index (χ1v) is 9.92. The minimum Gasteiger partial charge on any atom is -0.359 e. The van der Waals surface area contributed by atoms with Crippen molar-refractivity contribution in [2.75, 3.05) is 18.0 Å². The number of para-hydroxylation sites is 1. The van der Waals surface area contributed by atoms with Crippen LogP contribution in [-0.2, 0) is 9.59 Å². The SMILES string of the molecule is CC[C@H](C)NC(=O)[C@H]1C[C@H](C)N(CC(=O)NCC2CC2)c2ccccc21. The van der Waals surface area contributed by atoms with Crippen molar-refractivity contribution in [3.05, 3.63) is 29.8 Å². The van der Waals surface area contributed by atoms with Crippen LogP contribution in [0.1, 0.15) is 57.9 Å². The number of hydrogen-bond acceptors (Lipinski definition) is 3. The van der Waals surface area contributed by atoms with Gasteiger partial charge in [-0.1, -0.05) is 25.1 Å². The number of fused-ring (bicyclic) bond motifs is 1. The third kappa shape index (κ3) is 4.37. The fourth-order valence-corrected chi connectivity index (χ4v) is 3.60. The first-order valence-electron chi connectivity index (χ1n) is 9.92. The lowest BCUT2D eigenvalue weighted by atomic mass is 9.85. The summed E-state index contributed by atoms with van der Waals surface area (Å²) in [5.41, 5.74) is 2.04. The van der Waals surface area contributed by atoms with Crippen molar-refractivity contribution < 1.29 is 9.59 Å². The highest BCUT2D eigenvalue weighted by molar-refractivity contribution is 5.88. The van der Waals surface area contributed by atoms with E-state index >= 15 is 0 Å². The lowest BCUT2D eigenvalue weighted by Gasteiger charge is -2.40. The van der Waals surface area contributed by atoms with Crippen molar-refractivity contribution in [1.29, 1.82) is 0 Å². The molecular formula is C21H31N3O2. The minimum absolute atomic E-state index is 0.0704. The summed E-state index contributed by atoms with van der Waals surface area (Å²) in [6, 6.07) is 8.33. The molecule has 26 heavy (non-hydrogen) atoms. The molecule has 1 aromatic carbocycles. The number of carbonyl (C=O) groups is 2. The molecule has 2 N–H and O–H groups in total. The molecule has 5 nitrogen and oxygen atoms in total. The van der Waals surface area contributed by atoms with Crippen LogP contribution in [0.2, 0.25) is 0 Å². The van der Waals surface area contributed by atoms with Gasteiger partial charge in [0.25, 0.3) is 0 Å². The molecular weight excluding hydrogens is 326 g/mol. The Morgan fingerprint density at radius 3 is 2.69 bits per heavy atom. The van der Waals surface area contributed by atoms with Crippen LogP contribution in [0.15, 0.2) is 24.3 Å². The molecule has 1 aliphatic carbocycles. The van der Waals surface area contributed by atoms with E-state index in [0.29, 0.717) is 12.5 Å². The minimum atomic E-state index is -0.152. The number of nitrogens with zero attached hydrogens (tertiary/aromatic N) is 1. The monoisotopic (exact) mass is 357 g/mol. The van der Waals surface area contributed by atoms with Crippen molar-refractivity contribution in [2.45, 2.75) is 64.5 Å². The van der Waals surface area contributed by atoms with E-state index in [9.17, 15) is 9.59 Å². The third-order valence-electron chi connectivity index (χ3n) is 5.65. The molecule has 3 rings (SSSR count). The maximum Gasteiger partial charge on any atom is 0.239 e. The molecule has 0 bridgehead atoms. The van der Waals surface area contributed by atoms with Crippen molar-refractivity contribution >= 4 is 17.5 Å². The van der Waals surface area contributed by atoms with E-state index in [1.807, 2.05) is 31.2 Å². The van der Waals surface area contributed by atoms with Crippen LogP contribution in [0.4, 0.5) is 5.69 Å². The Kier molecular flexibility index (Phi) is 5.84. The Balaban J connectivity index is 1.74. The molecule has 1 saturated carbocycles. The van der Waals surface area contributed by atoms with E-state index in [0.717, 1.165) is 30.6 Å². The van der Waals surface area contributed by atoms with Gasteiger partial charge in [-0.2, -0.15) is 0 Å². The number of benzene rings is 1. The van der Waals surface area contributed by atoms with Crippen molar-refractivity contribution in [2.24, 2.45) is 5.92 Å². The lowest BCUT2D eigenvalue weighted by Crippen LogP contribution is -2.48. The zero-order valence-corrected chi connectivity index (χ0v) is 16.1. The van der Waals surface area contributed by atoms with Crippen LogP contribution in [-0.4, -0.2) is 37.0 Å². The van der Waals surface area contributed by atoms with Gasteiger partial charge in [0.05, 0.1) is 12.5 Å². The second kappa shape index (κ2) is 8.11. The van der Waals surface area contributed by atoms with E-state index in [-0.39, 0.29) is 29.8 Å². The van der Waals surface area contributed by atoms with Crippen molar-refractivity contribution in [3.8, 4) is 0 Å². The van der Waals surface area contributed by atoms with Gasteiger partial charge in [-0.15, -0.1) is 0 Å². The molecule has 0 unspecified atom stereocenters. The summed E-state index contributed by atoms with van der Waals surface area (Å²) >= 11 is 0. The molecule has 0 aromatic heterocycles. The van der Waals surface area contributed by atoms with Gasteiger partial charge in [-0.25, -0.2) is 0 Å². The molecule has 0 radical (unpaired) electrons. The third-order valence-corrected chi connectivity index (χ3v) is 5.65. The van der Waals surface area contributed by atoms with Gasteiger partial charge in [0.2, 0.25) is 11.8 Å². The predicted octanol–water partition coefficient (Wildman–Crippen LogP) is 2.81. The summed E-state index contributed by atoms with van der Waals surface area (Å²) in [5, 5.41) is 6.17. The number of hydrogen-bond donors (Lipinski definition) is 2. The molecule has 3 atom stereocenters. The summed E-state index contributed by atoms with van der Waals surface area (Å²) in [6.07, 6.45) is 4.12. The van der Waals surface area contributed by atoms with Gasteiger partial charge in [0.1, 0.15) is 0 Å². The maximum absolute atomic E-state index is 12.8. The average molecular weight is 357 g/mol. The van der Waals surface area contributed by atoms with Crippen LogP contribution in [0.5, 0.6) is 0 Å². The molecule has 1 aromatic rings. The first-order chi connectivity index (χ1) is 12.5. The van der Waals surface area contributed by atoms with Crippen molar-refractivity contribution in [1.82, 2.24) is 10.6 Å². The fraction of sp³-hybridized carbons (Fsp3) is 0.619. The largest absolute Gasteiger partial charge is 0.359 e. The number of carbonyl (C=O) groups excluding carboxylic acids is 2. The highest BCUT2D eigenvalue weighted by atomic mass is 16.2. The molecule has 0 spiro atoms. The number of amides is 2. The maximum atomic E-state index is 12.8. The molecule has 0 saturated heterocycles. The number of nitrogens with one attached hydrogen (secondary N) is 2. The Morgan fingerprint density at radius 2 is 2.00 bits per heavy atom. The molecule has 1 fully saturated rings. The van der Waals surface area contributed by atoms with Crippen LogP contribution >= 0.6 is 0 Å². The van der Waals surface area contributed by atoms with E-state index in [1.165, 1.54) is 12.8 Å². The molecule has 5 heteroatoms. The summed E-state index contributed by atoms with van der Waals surface area (Å²) < 4.78 is 0. The van der Waals surface area contributed by atoms with Crippen LogP contribution in [0.3, 0.4) is 0 Å². The van der Waals surface area contributed by atoms with Gasteiger partial charge >= 0.3 is 0 Å². The smallest absolute Gasteiger partial charge is 0.239 e. The normalized spacial score (nSPS) is 23.1. The molecule has 1 heterocycles. The zero-order chi connectivity index (χ0) is 18.7. The second-order valence-corrected chi connectivity index (χ2v) is 7.89. The topological polar surface area (TPSA) is 61.4 Å². The lowest BCUT2D eigenvalue weighted by molar-refractivity contribution is -0.123. The quantitative estimate of drug-likeness (QED) is 0.789. The van der Waals surface area contributed by atoms with Gasteiger partial charge in [0.15, 0.2) is 0 Å². The molecule has 1 aliphatic heterocycles. The number of rotatable bonds is 7. The molecule has 142 valence electrons. The Hall–Kier alpha value is -2.04. The summed E-state index contributed by atoms with van der Waals surface area (Å²) in [5.74, 6) is 0.692. The van der Waals surface area contributed by atoms with Gasteiger partial charge < -0.3 is 15.5 Å². The van der Waals surface area contributed by atoms with Crippen molar-refractivity contribution in [3.63, 3.8) is 0 Å². The highest BCUT2D eigenvalue weighted by Gasteiger charge is 2.35. The average Bonchev–Trinajstić information content (AvgIpc) is 3.46. The first kappa shape index (κ1) is 18.7. The summed E-state index contributed by atoms with van der Waals surface area (Å²) in [4.78, 5) is 27.3. The molecule has 2 aliphatic rings. The highest BCUT2D eigenvalue weighted by Crippen LogP contribution is 2.38. The second-order valence-electron chi connectivity index (χ2n) is 7.89. The predicted molar refractivity (Wildman–Crippen MR) is 104 cm³/mol. The van der Waals surface area contributed by atoms with Gasteiger partial charge in [-0.3, -0.25) is 9.59 Å². The Morgan fingerprint density at radius 1 is 1.27 bits per heavy atom. The summed E-state index contributed by atoms with van der Waals surface area (Å²) in [6.45, 7) is 7.36. The van der Waals surface area contributed by atoms with E-state index in [1.54, 1.807) is 0 Å². The van der Waals surface area contributed by atoms with Gasteiger partial charge in [-0.05, 0) is 57.1 Å². The van der Waals surface area contributed by atoms with Crippen LogP contribution in [0.25, 0.3) is 0 Å². The van der Waals surface area contributed by atoms with E-state index in [2.05, 4.69) is 29.4 Å². The van der Waals surface area contributed by atoms with E-state index < -0.39 is 0 Å².